The number of aromatic nitrogens is 2. The van der Waals surface area contributed by atoms with Gasteiger partial charge in [-0.2, -0.15) is 5.10 Å². The second-order valence-electron chi connectivity index (χ2n) is 4.11. The molecular weight excluding hydrogens is 228 g/mol. The number of carbonyl (C=O) groups excluding carboxylic acids is 1. The number of hydrogen-bond acceptors (Lipinski definition) is 3. The van der Waals surface area contributed by atoms with E-state index in [2.05, 4.69) is 15.5 Å². The molecule has 0 atom stereocenters. The summed E-state index contributed by atoms with van der Waals surface area (Å²) in [6.45, 7) is 2.82. The van der Waals surface area contributed by atoms with E-state index in [1.165, 1.54) is 0 Å². The second kappa shape index (κ2) is 5.46. The SMILES string of the molecule is Cc1[nH]ncc1CNC(=O)c1cccc(CN)c1. The standard InChI is InChI=1S/C13H16N4O/c1-9-12(8-16-17-9)7-15-13(18)11-4-2-3-10(5-11)6-14/h2-5,8H,6-7,14H2,1H3,(H,15,18)(H,16,17). The van der Waals surface area contributed by atoms with E-state index in [-0.39, 0.29) is 5.91 Å². The Morgan fingerprint density at radius 1 is 1.50 bits per heavy atom. The number of benzene rings is 1. The summed E-state index contributed by atoms with van der Waals surface area (Å²) in [6, 6.07) is 7.31. The van der Waals surface area contributed by atoms with Gasteiger partial charge in [0.05, 0.1) is 6.20 Å². The molecule has 5 heteroatoms. The molecule has 0 spiro atoms. The predicted octanol–water partition coefficient (Wildman–Crippen LogP) is 1.11. The first-order valence-corrected chi connectivity index (χ1v) is 5.76. The summed E-state index contributed by atoms with van der Waals surface area (Å²) in [5, 5.41) is 9.59. The van der Waals surface area contributed by atoms with E-state index in [1.54, 1.807) is 18.3 Å². The summed E-state index contributed by atoms with van der Waals surface area (Å²) in [5.41, 5.74) is 9.06. The zero-order valence-electron chi connectivity index (χ0n) is 10.2. The van der Waals surface area contributed by atoms with Crippen LogP contribution in [0.5, 0.6) is 0 Å². The first-order valence-electron chi connectivity index (χ1n) is 5.76. The summed E-state index contributed by atoms with van der Waals surface area (Å²) in [6.07, 6.45) is 1.71. The molecule has 0 bridgehead atoms. The topological polar surface area (TPSA) is 83.8 Å². The number of rotatable bonds is 4. The summed E-state index contributed by atoms with van der Waals surface area (Å²) < 4.78 is 0. The molecule has 0 aliphatic rings. The number of nitrogens with zero attached hydrogens (tertiary/aromatic N) is 1. The molecule has 0 unspecified atom stereocenters. The summed E-state index contributed by atoms with van der Waals surface area (Å²) in [4.78, 5) is 11.9. The molecule has 0 fully saturated rings. The van der Waals surface area contributed by atoms with Crippen molar-refractivity contribution in [2.24, 2.45) is 5.73 Å². The monoisotopic (exact) mass is 244 g/mol. The van der Waals surface area contributed by atoms with E-state index >= 15 is 0 Å². The van der Waals surface area contributed by atoms with Crippen molar-refractivity contribution in [1.29, 1.82) is 0 Å². The van der Waals surface area contributed by atoms with Crippen molar-refractivity contribution in [3.05, 3.63) is 52.8 Å². The molecule has 18 heavy (non-hydrogen) atoms. The Labute approximate surface area is 105 Å². The molecule has 1 amide bonds. The van der Waals surface area contributed by atoms with E-state index in [4.69, 9.17) is 5.73 Å². The van der Waals surface area contributed by atoms with E-state index < -0.39 is 0 Å². The van der Waals surface area contributed by atoms with Crippen molar-refractivity contribution in [2.75, 3.05) is 0 Å². The van der Waals surface area contributed by atoms with Gasteiger partial charge >= 0.3 is 0 Å². The lowest BCUT2D eigenvalue weighted by atomic mass is 10.1. The Morgan fingerprint density at radius 2 is 2.33 bits per heavy atom. The van der Waals surface area contributed by atoms with Gasteiger partial charge in [-0.3, -0.25) is 9.89 Å². The van der Waals surface area contributed by atoms with Crippen molar-refractivity contribution < 1.29 is 4.79 Å². The molecule has 1 aromatic carbocycles. The highest BCUT2D eigenvalue weighted by Crippen LogP contribution is 2.06. The molecule has 0 saturated carbocycles. The van der Waals surface area contributed by atoms with Crippen molar-refractivity contribution in [2.45, 2.75) is 20.0 Å². The fourth-order valence-electron chi connectivity index (χ4n) is 1.67. The van der Waals surface area contributed by atoms with E-state index in [0.717, 1.165) is 16.8 Å². The molecule has 0 aliphatic heterocycles. The maximum atomic E-state index is 11.9. The van der Waals surface area contributed by atoms with Crippen LogP contribution in [0.15, 0.2) is 30.5 Å². The average molecular weight is 244 g/mol. The van der Waals surface area contributed by atoms with Crippen LogP contribution >= 0.6 is 0 Å². The molecule has 5 nitrogen and oxygen atoms in total. The highest BCUT2D eigenvalue weighted by atomic mass is 16.1. The summed E-state index contributed by atoms with van der Waals surface area (Å²) in [7, 11) is 0. The fraction of sp³-hybridized carbons (Fsp3) is 0.231. The lowest BCUT2D eigenvalue weighted by molar-refractivity contribution is 0.0951. The lowest BCUT2D eigenvalue weighted by Gasteiger charge is -2.05. The number of carbonyl (C=O) groups is 1. The van der Waals surface area contributed by atoms with E-state index in [0.29, 0.717) is 18.7 Å². The Kier molecular flexibility index (Phi) is 3.74. The second-order valence-corrected chi connectivity index (χ2v) is 4.11. The van der Waals surface area contributed by atoms with Crippen LogP contribution in [0.25, 0.3) is 0 Å². The zero-order valence-corrected chi connectivity index (χ0v) is 10.2. The Morgan fingerprint density at radius 3 is 3.00 bits per heavy atom. The summed E-state index contributed by atoms with van der Waals surface area (Å²) in [5.74, 6) is -0.106. The van der Waals surface area contributed by atoms with Crippen LogP contribution in [0, 0.1) is 6.92 Å². The molecule has 0 saturated heterocycles. The average Bonchev–Trinajstić information content (AvgIpc) is 2.81. The minimum Gasteiger partial charge on any atom is -0.348 e. The number of aromatic amines is 1. The lowest BCUT2D eigenvalue weighted by Crippen LogP contribution is -2.23. The van der Waals surface area contributed by atoms with Gasteiger partial charge < -0.3 is 11.1 Å². The molecular formula is C13H16N4O. The van der Waals surface area contributed by atoms with Crippen LogP contribution in [0.3, 0.4) is 0 Å². The quantitative estimate of drug-likeness (QED) is 0.753. The summed E-state index contributed by atoms with van der Waals surface area (Å²) >= 11 is 0. The number of aryl methyl sites for hydroxylation is 1. The molecule has 4 N–H and O–H groups in total. The third kappa shape index (κ3) is 2.75. The third-order valence-corrected chi connectivity index (χ3v) is 2.80. The fourth-order valence-corrected chi connectivity index (χ4v) is 1.67. The highest BCUT2D eigenvalue weighted by molar-refractivity contribution is 5.94. The molecule has 1 heterocycles. The van der Waals surface area contributed by atoms with Gasteiger partial charge in [-0.05, 0) is 24.6 Å². The van der Waals surface area contributed by atoms with E-state index in [9.17, 15) is 4.79 Å². The maximum Gasteiger partial charge on any atom is 0.251 e. The largest absolute Gasteiger partial charge is 0.348 e. The van der Waals surface area contributed by atoms with Crippen molar-refractivity contribution >= 4 is 5.91 Å². The van der Waals surface area contributed by atoms with Crippen LogP contribution in [0.1, 0.15) is 27.2 Å². The van der Waals surface area contributed by atoms with Gasteiger partial charge in [0.1, 0.15) is 0 Å². The Bertz CT molecular complexity index is 547. The van der Waals surface area contributed by atoms with Crippen LogP contribution < -0.4 is 11.1 Å². The van der Waals surface area contributed by atoms with Crippen LogP contribution in [-0.4, -0.2) is 16.1 Å². The van der Waals surface area contributed by atoms with Gasteiger partial charge in [0, 0.05) is 29.9 Å². The molecule has 0 aliphatic carbocycles. The van der Waals surface area contributed by atoms with E-state index in [1.807, 2.05) is 19.1 Å². The van der Waals surface area contributed by atoms with Crippen molar-refractivity contribution in [3.63, 3.8) is 0 Å². The number of hydrogen-bond donors (Lipinski definition) is 3. The molecule has 2 rings (SSSR count). The zero-order chi connectivity index (χ0) is 13.0. The first kappa shape index (κ1) is 12.3. The van der Waals surface area contributed by atoms with Gasteiger partial charge in [-0.1, -0.05) is 12.1 Å². The smallest absolute Gasteiger partial charge is 0.251 e. The number of nitrogens with two attached hydrogens (primary N) is 1. The molecule has 94 valence electrons. The molecule has 0 radical (unpaired) electrons. The number of H-pyrrole nitrogens is 1. The minimum absolute atomic E-state index is 0.106. The Hall–Kier alpha value is -2.14. The van der Waals surface area contributed by atoms with Gasteiger partial charge in [0.15, 0.2) is 0 Å². The van der Waals surface area contributed by atoms with Crippen LogP contribution in [0.4, 0.5) is 0 Å². The minimum atomic E-state index is -0.106. The number of amides is 1. The molecule has 1 aromatic heterocycles. The van der Waals surface area contributed by atoms with Gasteiger partial charge in [0.2, 0.25) is 0 Å². The predicted molar refractivity (Wildman–Crippen MR) is 68.8 cm³/mol. The maximum absolute atomic E-state index is 11.9. The van der Waals surface area contributed by atoms with Crippen molar-refractivity contribution in [1.82, 2.24) is 15.5 Å². The van der Waals surface area contributed by atoms with Crippen molar-refractivity contribution in [3.8, 4) is 0 Å². The van der Waals surface area contributed by atoms with Crippen LogP contribution in [0.2, 0.25) is 0 Å². The van der Waals surface area contributed by atoms with Gasteiger partial charge in [0.25, 0.3) is 5.91 Å². The Balaban J connectivity index is 2.01. The highest BCUT2D eigenvalue weighted by Gasteiger charge is 2.07. The number of nitrogens with one attached hydrogen (secondary N) is 2. The van der Waals surface area contributed by atoms with Gasteiger partial charge in [-0.25, -0.2) is 0 Å². The van der Waals surface area contributed by atoms with Crippen LogP contribution in [-0.2, 0) is 13.1 Å². The first-order chi connectivity index (χ1) is 8.70. The normalized spacial score (nSPS) is 10.3. The molecule has 2 aromatic rings. The van der Waals surface area contributed by atoms with Gasteiger partial charge in [-0.15, -0.1) is 0 Å². The third-order valence-electron chi connectivity index (χ3n) is 2.80.